The van der Waals surface area contributed by atoms with Crippen LogP contribution < -0.4 is 10.4 Å². The van der Waals surface area contributed by atoms with E-state index in [1.807, 2.05) is 43.3 Å². The number of benzene rings is 2. The first kappa shape index (κ1) is 17.2. The third-order valence-corrected chi connectivity index (χ3v) is 4.96. The summed E-state index contributed by atoms with van der Waals surface area (Å²) in [5, 5.41) is 1.93. The molecular formula is C21H16N2O3S. The highest BCUT2D eigenvalue weighted by atomic mass is 32.2. The topological polar surface area (TPSA) is 62.6 Å². The van der Waals surface area contributed by atoms with Gasteiger partial charge in [-0.2, -0.15) is 0 Å². The zero-order valence-electron chi connectivity index (χ0n) is 14.5. The fourth-order valence-electron chi connectivity index (χ4n) is 2.65. The van der Waals surface area contributed by atoms with Gasteiger partial charge in [-0.05, 0) is 49.4 Å². The summed E-state index contributed by atoms with van der Waals surface area (Å²) in [5.41, 5.74) is 4.41. The maximum absolute atomic E-state index is 12.6. The molecule has 134 valence electrons. The minimum absolute atomic E-state index is 0.0417. The molecule has 0 bridgehead atoms. The predicted octanol–water partition coefficient (Wildman–Crippen LogP) is 4.20. The van der Waals surface area contributed by atoms with E-state index in [0.717, 1.165) is 4.90 Å². The predicted molar refractivity (Wildman–Crippen MR) is 104 cm³/mol. The van der Waals surface area contributed by atoms with Crippen molar-refractivity contribution in [3.05, 3.63) is 83.6 Å². The maximum Gasteiger partial charge on any atom is 0.282 e. The lowest BCUT2D eigenvalue weighted by molar-refractivity contribution is -0.117. The highest BCUT2D eigenvalue weighted by molar-refractivity contribution is 7.99. The summed E-state index contributed by atoms with van der Waals surface area (Å²) >= 11 is 1.48. The second kappa shape index (κ2) is 7.17. The molecule has 1 N–H and O–H groups in total. The number of hydrogen-bond donors (Lipinski definition) is 1. The van der Waals surface area contributed by atoms with E-state index in [2.05, 4.69) is 5.43 Å². The van der Waals surface area contributed by atoms with Crippen LogP contribution in [0, 0.1) is 6.92 Å². The second-order valence-electron chi connectivity index (χ2n) is 6.05. The Balaban J connectivity index is 1.53. The molecule has 4 rings (SSSR count). The molecule has 0 aliphatic carbocycles. The van der Waals surface area contributed by atoms with Gasteiger partial charge in [0.15, 0.2) is 5.09 Å². The van der Waals surface area contributed by atoms with E-state index < -0.39 is 11.8 Å². The van der Waals surface area contributed by atoms with Crippen molar-refractivity contribution in [3.8, 4) is 0 Å². The molecule has 2 aromatic carbocycles. The van der Waals surface area contributed by atoms with E-state index in [9.17, 15) is 9.59 Å². The lowest BCUT2D eigenvalue weighted by Crippen LogP contribution is -2.35. The Kier molecular flexibility index (Phi) is 4.56. The van der Waals surface area contributed by atoms with Crippen molar-refractivity contribution in [2.75, 3.05) is 5.01 Å². The average molecular weight is 376 g/mol. The summed E-state index contributed by atoms with van der Waals surface area (Å²) in [6.07, 6.45) is 1.47. The average Bonchev–Trinajstić information content (AvgIpc) is 3.24. The van der Waals surface area contributed by atoms with E-state index in [0.29, 0.717) is 16.5 Å². The molecule has 5 nitrogen and oxygen atoms in total. The zero-order valence-corrected chi connectivity index (χ0v) is 15.3. The Morgan fingerprint density at radius 3 is 2.44 bits per heavy atom. The van der Waals surface area contributed by atoms with Crippen LogP contribution in [0.4, 0.5) is 5.69 Å². The lowest BCUT2D eigenvalue weighted by Gasteiger charge is -2.13. The molecule has 0 radical (unpaired) electrons. The van der Waals surface area contributed by atoms with Crippen LogP contribution in [0.3, 0.4) is 0 Å². The Hall–Kier alpha value is -3.25. The van der Waals surface area contributed by atoms with E-state index in [-0.39, 0.29) is 5.57 Å². The summed E-state index contributed by atoms with van der Waals surface area (Å²) in [6.45, 7) is 2.04. The van der Waals surface area contributed by atoms with Crippen molar-refractivity contribution in [1.29, 1.82) is 0 Å². The SMILES string of the molecule is Cc1ccc(Sc2ccc(C=C3C(=O)NN(c4ccccc4)C3=O)o2)cc1. The van der Waals surface area contributed by atoms with Crippen molar-refractivity contribution in [2.24, 2.45) is 0 Å². The number of amides is 2. The van der Waals surface area contributed by atoms with Crippen LogP contribution >= 0.6 is 11.8 Å². The summed E-state index contributed by atoms with van der Waals surface area (Å²) in [5.74, 6) is -0.402. The number of anilines is 1. The highest BCUT2D eigenvalue weighted by Gasteiger charge is 2.34. The van der Waals surface area contributed by atoms with Gasteiger partial charge in [0.1, 0.15) is 11.3 Å². The zero-order chi connectivity index (χ0) is 18.8. The van der Waals surface area contributed by atoms with Crippen LogP contribution in [0.2, 0.25) is 0 Å². The molecule has 1 aliphatic heterocycles. The Morgan fingerprint density at radius 2 is 1.70 bits per heavy atom. The molecule has 2 amide bonds. The summed E-state index contributed by atoms with van der Waals surface area (Å²) in [6, 6.07) is 20.6. The van der Waals surface area contributed by atoms with Crippen molar-refractivity contribution in [3.63, 3.8) is 0 Å². The van der Waals surface area contributed by atoms with Crippen LogP contribution in [0.25, 0.3) is 6.08 Å². The molecule has 6 heteroatoms. The molecule has 1 saturated heterocycles. The fourth-order valence-corrected chi connectivity index (χ4v) is 3.43. The Bertz CT molecular complexity index is 1020. The number of carbonyl (C=O) groups is 2. The number of carbonyl (C=O) groups excluding carboxylic acids is 2. The fraction of sp³-hybridized carbons (Fsp3) is 0.0476. The highest BCUT2D eigenvalue weighted by Crippen LogP contribution is 2.30. The summed E-state index contributed by atoms with van der Waals surface area (Å²) < 4.78 is 5.75. The van der Waals surface area contributed by atoms with Gasteiger partial charge in [0.25, 0.3) is 11.8 Å². The Morgan fingerprint density at radius 1 is 0.963 bits per heavy atom. The van der Waals surface area contributed by atoms with Crippen molar-refractivity contribution < 1.29 is 14.0 Å². The number of nitrogens with one attached hydrogen (secondary N) is 1. The van der Waals surface area contributed by atoms with Crippen LogP contribution in [-0.4, -0.2) is 11.8 Å². The number of furan rings is 1. The molecule has 0 spiro atoms. The van der Waals surface area contributed by atoms with Crippen LogP contribution in [-0.2, 0) is 9.59 Å². The number of hydrazine groups is 1. The van der Waals surface area contributed by atoms with Gasteiger partial charge in [-0.1, -0.05) is 47.7 Å². The van der Waals surface area contributed by atoms with E-state index >= 15 is 0 Å². The van der Waals surface area contributed by atoms with Crippen LogP contribution in [0.15, 0.2) is 86.7 Å². The second-order valence-corrected chi connectivity index (χ2v) is 7.12. The van der Waals surface area contributed by atoms with Crippen molar-refractivity contribution >= 4 is 35.3 Å². The number of para-hydroxylation sites is 1. The summed E-state index contributed by atoms with van der Waals surface area (Å²) in [4.78, 5) is 25.8. The first-order valence-electron chi connectivity index (χ1n) is 8.37. The summed E-state index contributed by atoms with van der Waals surface area (Å²) in [7, 11) is 0. The van der Waals surface area contributed by atoms with Crippen LogP contribution in [0.1, 0.15) is 11.3 Å². The van der Waals surface area contributed by atoms with Gasteiger partial charge >= 0.3 is 0 Å². The third kappa shape index (κ3) is 3.66. The van der Waals surface area contributed by atoms with Crippen molar-refractivity contribution in [1.82, 2.24) is 5.43 Å². The van der Waals surface area contributed by atoms with Gasteiger partial charge in [-0.15, -0.1) is 0 Å². The minimum Gasteiger partial charge on any atom is -0.450 e. The molecule has 0 atom stereocenters. The monoisotopic (exact) mass is 376 g/mol. The van der Waals surface area contributed by atoms with Gasteiger partial charge in [-0.3, -0.25) is 15.0 Å². The molecule has 0 saturated carbocycles. The first-order chi connectivity index (χ1) is 13.1. The number of hydrogen-bond acceptors (Lipinski definition) is 4. The maximum atomic E-state index is 12.6. The molecule has 2 heterocycles. The molecule has 1 aromatic heterocycles. The molecule has 27 heavy (non-hydrogen) atoms. The Labute approximate surface area is 160 Å². The van der Waals surface area contributed by atoms with E-state index in [1.165, 1.54) is 28.4 Å². The standard InChI is InChI=1S/C21H16N2O3S/c1-14-7-10-17(11-8-14)27-19-12-9-16(26-19)13-18-20(24)22-23(21(18)25)15-5-3-2-4-6-15/h2-13H,1H3,(H,22,24). The molecule has 0 unspecified atom stereocenters. The number of rotatable bonds is 4. The first-order valence-corrected chi connectivity index (χ1v) is 9.18. The smallest absolute Gasteiger partial charge is 0.282 e. The van der Waals surface area contributed by atoms with Gasteiger partial charge in [0.05, 0.1) is 5.69 Å². The third-order valence-electron chi connectivity index (χ3n) is 4.03. The number of nitrogens with zero attached hydrogens (tertiary/aromatic N) is 1. The van der Waals surface area contributed by atoms with Gasteiger partial charge in [-0.25, -0.2) is 5.01 Å². The van der Waals surface area contributed by atoms with Crippen LogP contribution in [0.5, 0.6) is 0 Å². The van der Waals surface area contributed by atoms with E-state index in [1.54, 1.807) is 30.3 Å². The minimum atomic E-state index is -0.451. The van der Waals surface area contributed by atoms with Crippen molar-refractivity contribution in [2.45, 2.75) is 16.9 Å². The molecule has 1 aliphatic rings. The molecule has 1 fully saturated rings. The van der Waals surface area contributed by atoms with E-state index in [4.69, 9.17) is 4.42 Å². The van der Waals surface area contributed by atoms with Gasteiger partial charge in [0.2, 0.25) is 0 Å². The molecule has 3 aromatic rings. The normalized spacial score (nSPS) is 15.4. The number of aryl methyl sites for hydroxylation is 1. The quantitative estimate of drug-likeness (QED) is 0.548. The molecular weight excluding hydrogens is 360 g/mol. The van der Waals surface area contributed by atoms with Gasteiger partial charge < -0.3 is 4.42 Å². The lowest BCUT2D eigenvalue weighted by atomic mass is 10.2. The largest absolute Gasteiger partial charge is 0.450 e. The van der Waals surface area contributed by atoms with Gasteiger partial charge in [0, 0.05) is 4.90 Å².